The third-order valence-electron chi connectivity index (χ3n) is 4.47. The molecule has 0 bridgehead atoms. The summed E-state index contributed by atoms with van der Waals surface area (Å²) < 4.78 is 0. The lowest BCUT2D eigenvalue weighted by Gasteiger charge is -2.17. The molecule has 1 aromatic heterocycles. The second kappa shape index (κ2) is 9.65. The van der Waals surface area contributed by atoms with Crippen molar-refractivity contribution in [3.8, 4) is 0 Å². The van der Waals surface area contributed by atoms with Crippen LogP contribution >= 0.6 is 0 Å². The second-order valence-corrected chi connectivity index (χ2v) is 7.16. The maximum Gasteiger partial charge on any atom is 0.237 e. The molecule has 1 amide bonds. The van der Waals surface area contributed by atoms with Gasteiger partial charge in [0.2, 0.25) is 5.91 Å². The Balaban J connectivity index is 1.72. The van der Waals surface area contributed by atoms with E-state index in [1.807, 2.05) is 66.7 Å². The maximum atomic E-state index is 13.1. The van der Waals surface area contributed by atoms with E-state index in [1.165, 1.54) is 0 Å². The number of carbonyl (C=O) groups excluding carboxylic acids is 1. The fourth-order valence-electron chi connectivity index (χ4n) is 2.97. The van der Waals surface area contributed by atoms with Gasteiger partial charge in [0.1, 0.15) is 5.82 Å². The minimum Gasteiger partial charge on any atom is -0.369 e. The Morgan fingerprint density at radius 1 is 0.821 bits per heavy atom. The van der Waals surface area contributed by atoms with E-state index in [1.54, 1.807) is 6.07 Å². The van der Waals surface area contributed by atoms with Crippen molar-refractivity contribution in [3.05, 3.63) is 83.9 Å². The first-order valence-electron chi connectivity index (χ1n) is 9.62. The topological polar surface area (TPSA) is 66.9 Å². The summed E-state index contributed by atoms with van der Waals surface area (Å²) in [4.78, 5) is 13.1. The zero-order chi connectivity index (χ0) is 19.8. The number of amides is 1. The van der Waals surface area contributed by atoms with E-state index in [-0.39, 0.29) is 5.91 Å². The van der Waals surface area contributed by atoms with Gasteiger partial charge in [-0.05, 0) is 35.6 Å². The number of carbonyl (C=O) groups is 1. The summed E-state index contributed by atoms with van der Waals surface area (Å²) >= 11 is 0. The molecule has 0 radical (unpaired) electrons. The van der Waals surface area contributed by atoms with Gasteiger partial charge in [0.15, 0.2) is 5.82 Å². The minimum atomic E-state index is -0.409. The molecule has 28 heavy (non-hydrogen) atoms. The SMILES string of the molecule is CC(C)CCNc1ccc(NC(=O)C(c2ccccc2)c2ccccc2)nn1. The summed E-state index contributed by atoms with van der Waals surface area (Å²) in [5.41, 5.74) is 1.87. The average Bonchev–Trinajstić information content (AvgIpc) is 2.71. The molecule has 5 heteroatoms. The van der Waals surface area contributed by atoms with Crippen molar-refractivity contribution in [2.75, 3.05) is 17.2 Å². The maximum absolute atomic E-state index is 13.1. The summed E-state index contributed by atoms with van der Waals surface area (Å²) in [6.07, 6.45) is 1.07. The highest BCUT2D eigenvalue weighted by molar-refractivity contribution is 5.97. The molecule has 0 unspecified atom stereocenters. The fraction of sp³-hybridized carbons (Fsp3) is 0.261. The van der Waals surface area contributed by atoms with E-state index < -0.39 is 5.92 Å². The molecular weight excluding hydrogens is 348 g/mol. The quantitative estimate of drug-likeness (QED) is 0.599. The molecule has 1 heterocycles. The van der Waals surface area contributed by atoms with Crippen molar-refractivity contribution in [2.45, 2.75) is 26.2 Å². The molecule has 3 rings (SSSR count). The van der Waals surface area contributed by atoms with Crippen molar-refractivity contribution in [2.24, 2.45) is 5.92 Å². The molecule has 0 atom stereocenters. The fourth-order valence-corrected chi connectivity index (χ4v) is 2.97. The molecule has 3 aromatic rings. The molecule has 0 saturated heterocycles. The van der Waals surface area contributed by atoms with Crippen molar-refractivity contribution >= 4 is 17.5 Å². The number of hydrogen-bond acceptors (Lipinski definition) is 4. The largest absolute Gasteiger partial charge is 0.369 e. The Morgan fingerprint density at radius 3 is 1.86 bits per heavy atom. The lowest BCUT2D eigenvalue weighted by Crippen LogP contribution is -2.23. The smallest absolute Gasteiger partial charge is 0.237 e. The predicted octanol–water partition coefficient (Wildman–Crippen LogP) is 4.71. The van der Waals surface area contributed by atoms with Crippen LogP contribution in [-0.2, 0) is 4.79 Å². The average molecular weight is 374 g/mol. The van der Waals surface area contributed by atoms with Crippen LogP contribution in [0, 0.1) is 5.92 Å². The number of hydrogen-bond donors (Lipinski definition) is 2. The number of rotatable bonds is 8. The minimum absolute atomic E-state index is 0.132. The Bertz CT molecular complexity index is 825. The zero-order valence-electron chi connectivity index (χ0n) is 16.3. The van der Waals surface area contributed by atoms with Crippen LogP contribution < -0.4 is 10.6 Å². The number of nitrogens with zero attached hydrogens (tertiary/aromatic N) is 2. The van der Waals surface area contributed by atoms with E-state index in [2.05, 4.69) is 34.7 Å². The molecule has 0 aliphatic carbocycles. The first-order valence-corrected chi connectivity index (χ1v) is 9.62. The van der Waals surface area contributed by atoms with Crippen LogP contribution in [0.5, 0.6) is 0 Å². The zero-order valence-corrected chi connectivity index (χ0v) is 16.3. The second-order valence-electron chi connectivity index (χ2n) is 7.16. The van der Waals surface area contributed by atoms with Gasteiger partial charge in [0.25, 0.3) is 0 Å². The highest BCUT2D eigenvalue weighted by Gasteiger charge is 2.23. The third kappa shape index (κ3) is 5.39. The Kier molecular flexibility index (Phi) is 6.73. The van der Waals surface area contributed by atoms with Crippen molar-refractivity contribution in [3.63, 3.8) is 0 Å². The van der Waals surface area contributed by atoms with E-state index in [4.69, 9.17) is 0 Å². The van der Waals surface area contributed by atoms with E-state index >= 15 is 0 Å². The van der Waals surface area contributed by atoms with Crippen molar-refractivity contribution in [1.29, 1.82) is 0 Å². The summed E-state index contributed by atoms with van der Waals surface area (Å²) in [6, 6.07) is 23.1. The molecule has 5 nitrogen and oxygen atoms in total. The summed E-state index contributed by atoms with van der Waals surface area (Å²) in [7, 11) is 0. The van der Waals surface area contributed by atoms with Gasteiger partial charge in [-0.3, -0.25) is 4.79 Å². The van der Waals surface area contributed by atoms with Gasteiger partial charge in [-0.15, -0.1) is 10.2 Å². The van der Waals surface area contributed by atoms with E-state index in [9.17, 15) is 4.79 Å². The number of anilines is 2. The molecule has 0 saturated carbocycles. The van der Waals surface area contributed by atoms with Gasteiger partial charge in [0, 0.05) is 6.54 Å². The highest BCUT2D eigenvalue weighted by atomic mass is 16.2. The van der Waals surface area contributed by atoms with Gasteiger partial charge in [-0.1, -0.05) is 74.5 Å². The highest BCUT2D eigenvalue weighted by Crippen LogP contribution is 2.26. The van der Waals surface area contributed by atoms with Crippen LogP contribution in [0.3, 0.4) is 0 Å². The summed E-state index contributed by atoms with van der Waals surface area (Å²) in [5, 5.41) is 14.4. The normalized spacial score (nSPS) is 10.9. The van der Waals surface area contributed by atoms with E-state index in [0.717, 1.165) is 24.1 Å². The van der Waals surface area contributed by atoms with Crippen LogP contribution in [0.15, 0.2) is 72.8 Å². The Morgan fingerprint density at radius 2 is 1.36 bits per heavy atom. The number of benzene rings is 2. The molecule has 0 fully saturated rings. The molecule has 0 aliphatic heterocycles. The molecule has 2 aromatic carbocycles. The number of aromatic nitrogens is 2. The molecular formula is C23H26N4O. The third-order valence-corrected chi connectivity index (χ3v) is 4.47. The van der Waals surface area contributed by atoms with Crippen LogP contribution in [0.1, 0.15) is 37.3 Å². The first-order chi connectivity index (χ1) is 13.6. The standard InChI is InChI=1S/C23H26N4O/c1-17(2)15-16-24-20-13-14-21(27-26-20)25-23(28)22(18-9-5-3-6-10-18)19-11-7-4-8-12-19/h3-14,17,22H,15-16H2,1-2H3,(H,24,26)(H,25,27,28). The van der Waals surface area contributed by atoms with Gasteiger partial charge in [-0.25, -0.2) is 0 Å². The predicted molar refractivity (Wildman–Crippen MR) is 113 cm³/mol. The van der Waals surface area contributed by atoms with Crippen molar-refractivity contribution < 1.29 is 4.79 Å². The van der Waals surface area contributed by atoms with Gasteiger partial charge in [0.05, 0.1) is 5.92 Å². The van der Waals surface area contributed by atoms with E-state index in [0.29, 0.717) is 17.6 Å². The van der Waals surface area contributed by atoms with Gasteiger partial charge >= 0.3 is 0 Å². The van der Waals surface area contributed by atoms with Crippen LogP contribution in [0.25, 0.3) is 0 Å². The molecule has 0 aliphatic rings. The first kappa shape index (κ1) is 19.5. The van der Waals surface area contributed by atoms with Crippen LogP contribution in [0.2, 0.25) is 0 Å². The molecule has 144 valence electrons. The Hall–Kier alpha value is -3.21. The lowest BCUT2D eigenvalue weighted by atomic mass is 9.90. The van der Waals surface area contributed by atoms with Gasteiger partial charge in [-0.2, -0.15) is 0 Å². The van der Waals surface area contributed by atoms with Gasteiger partial charge < -0.3 is 10.6 Å². The Labute approximate surface area is 166 Å². The summed E-state index contributed by atoms with van der Waals surface area (Å²) in [5.74, 6) is 1.24. The molecule has 0 spiro atoms. The van der Waals surface area contributed by atoms with Crippen molar-refractivity contribution in [1.82, 2.24) is 10.2 Å². The number of nitrogens with one attached hydrogen (secondary N) is 2. The monoisotopic (exact) mass is 374 g/mol. The van der Waals surface area contributed by atoms with Crippen LogP contribution in [0.4, 0.5) is 11.6 Å². The molecule has 2 N–H and O–H groups in total. The summed E-state index contributed by atoms with van der Waals surface area (Å²) in [6.45, 7) is 5.21. The van der Waals surface area contributed by atoms with Crippen LogP contribution in [-0.4, -0.2) is 22.6 Å². The lowest BCUT2D eigenvalue weighted by molar-refractivity contribution is -0.116.